The van der Waals surface area contributed by atoms with Crippen molar-refractivity contribution in [2.75, 3.05) is 11.1 Å². The summed E-state index contributed by atoms with van der Waals surface area (Å²) < 4.78 is 1.69. The molecule has 0 aliphatic carbocycles. The fourth-order valence-corrected chi connectivity index (χ4v) is 4.35. The van der Waals surface area contributed by atoms with E-state index in [1.54, 1.807) is 35.9 Å². The lowest BCUT2D eigenvalue weighted by molar-refractivity contribution is -0.113. The molecule has 0 saturated carbocycles. The molecule has 12 heteroatoms. The van der Waals surface area contributed by atoms with E-state index in [-0.39, 0.29) is 34.2 Å². The molecule has 162 valence electrons. The molecule has 7 nitrogen and oxygen atoms in total. The highest BCUT2D eigenvalue weighted by molar-refractivity contribution is 7.99. The van der Waals surface area contributed by atoms with Gasteiger partial charge >= 0.3 is 0 Å². The third kappa shape index (κ3) is 6.05. The zero-order valence-corrected chi connectivity index (χ0v) is 19.8. The van der Waals surface area contributed by atoms with Crippen molar-refractivity contribution in [1.29, 1.82) is 0 Å². The van der Waals surface area contributed by atoms with Crippen molar-refractivity contribution < 1.29 is 9.59 Å². The second kappa shape index (κ2) is 10.6. The Morgan fingerprint density at radius 1 is 1.03 bits per heavy atom. The van der Waals surface area contributed by atoms with Gasteiger partial charge in [-0.05, 0) is 24.3 Å². The molecule has 2 aromatic carbocycles. The van der Waals surface area contributed by atoms with E-state index in [0.29, 0.717) is 32.3 Å². The summed E-state index contributed by atoms with van der Waals surface area (Å²) in [6.45, 7) is 0.149. The summed E-state index contributed by atoms with van der Waals surface area (Å²) in [6.07, 6.45) is 0. The summed E-state index contributed by atoms with van der Waals surface area (Å²) in [5.74, 6) is -0.0774. The third-order valence-electron chi connectivity index (χ3n) is 4.05. The van der Waals surface area contributed by atoms with Crippen molar-refractivity contribution in [2.45, 2.75) is 11.7 Å². The molecule has 2 amide bonds. The lowest BCUT2D eigenvalue weighted by atomic mass is 10.2. The Balaban J connectivity index is 1.56. The number of nitrogens with one attached hydrogen (secondary N) is 2. The van der Waals surface area contributed by atoms with E-state index < -0.39 is 0 Å². The molecule has 0 unspecified atom stereocenters. The summed E-state index contributed by atoms with van der Waals surface area (Å²) in [7, 11) is 1.74. The number of hydrogen-bond acceptors (Lipinski definition) is 5. The van der Waals surface area contributed by atoms with Gasteiger partial charge in [-0.2, -0.15) is 0 Å². The van der Waals surface area contributed by atoms with E-state index in [0.717, 1.165) is 0 Å². The second-order valence-electron chi connectivity index (χ2n) is 6.20. The molecular weight excluding hydrogens is 504 g/mol. The molecule has 2 N–H and O–H groups in total. The van der Waals surface area contributed by atoms with Gasteiger partial charge in [-0.3, -0.25) is 9.59 Å². The molecule has 0 radical (unpaired) electrons. The molecule has 0 aliphatic heterocycles. The van der Waals surface area contributed by atoms with Gasteiger partial charge in [0.25, 0.3) is 5.91 Å². The van der Waals surface area contributed by atoms with Gasteiger partial charge in [-0.25, -0.2) is 0 Å². The number of carbonyl (C=O) groups excluding carboxylic acids is 2. The van der Waals surface area contributed by atoms with Crippen LogP contribution in [0.1, 0.15) is 16.2 Å². The van der Waals surface area contributed by atoms with E-state index >= 15 is 0 Å². The first-order chi connectivity index (χ1) is 14.8. The van der Waals surface area contributed by atoms with Crippen LogP contribution in [-0.4, -0.2) is 32.3 Å². The third-order valence-corrected chi connectivity index (χ3v) is 6.22. The molecular formula is C19H15Cl4N5O2S. The zero-order valence-electron chi connectivity index (χ0n) is 16.0. The first kappa shape index (κ1) is 23.7. The summed E-state index contributed by atoms with van der Waals surface area (Å²) in [5, 5.41) is 15.2. The van der Waals surface area contributed by atoms with E-state index in [2.05, 4.69) is 20.8 Å². The normalized spacial score (nSPS) is 10.7. The maximum absolute atomic E-state index is 12.3. The van der Waals surface area contributed by atoms with Crippen molar-refractivity contribution in [3.05, 3.63) is 67.9 Å². The number of carbonyl (C=O) groups is 2. The molecule has 1 heterocycles. The fourth-order valence-electron chi connectivity index (χ4n) is 2.49. The average molecular weight is 519 g/mol. The molecule has 1 aromatic heterocycles. The average Bonchev–Trinajstić information content (AvgIpc) is 3.07. The van der Waals surface area contributed by atoms with Gasteiger partial charge in [0.05, 0.1) is 38.6 Å². The van der Waals surface area contributed by atoms with Crippen LogP contribution in [0.25, 0.3) is 0 Å². The van der Waals surface area contributed by atoms with Gasteiger partial charge in [-0.1, -0.05) is 70.3 Å². The highest BCUT2D eigenvalue weighted by Crippen LogP contribution is 2.33. The second-order valence-corrected chi connectivity index (χ2v) is 8.80. The highest BCUT2D eigenvalue weighted by atomic mass is 35.5. The Labute approximate surface area is 202 Å². The van der Waals surface area contributed by atoms with Crippen molar-refractivity contribution in [2.24, 2.45) is 7.05 Å². The fraction of sp³-hybridized carbons (Fsp3) is 0.158. The van der Waals surface area contributed by atoms with Crippen LogP contribution in [0.2, 0.25) is 20.1 Å². The number of thioether (sulfide) groups is 1. The molecule has 0 bridgehead atoms. The topological polar surface area (TPSA) is 88.9 Å². The largest absolute Gasteiger partial charge is 0.345 e. The summed E-state index contributed by atoms with van der Waals surface area (Å²) in [5.41, 5.74) is 0.663. The molecule has 0 saturated heterocycles. The highest BCUT2D eigenvalue weighted by Gasteiger charge is 2.16. The Hall–Kier alpha value is -1.97. The number of halogens is 4. The van der Waals surface area contributed by atoms with Gasteiger partial charge in [0.15, 0.2) is 11.0 Å². The molecule has 0 spiro atoms. The number of benzene rings is 2. The molecule has 0 fully saturated rings. The molecule has 3 rings (SSSR count). The minimum atomic E-state index is -0.326. The zero-order chi connectivity index (χ0) is 22.5. The molecule has 31 heavy (non-hydrogen) atoms. The van der Waals surface area contributed by atoms with E-state index in [4.69, 9.17) is 46.4 Å². The minimum absolute atomic E-state index is 0.0488. The van der Waals surface area contributed by atoms with Gasteiger partial charge in [-0.15, -0.1) is 10.2 Å². The lowest BCUT2D eigenvalue weighted by Crippen LogP contribution is -2.24. The number of hydrogen-bond donors (Lipinski definition) is 2. The first-order valence-corrected chi connectivity index (χ1v) is 11.2. The molecule has 3 aromatic rings. The minimum Gasteiger partial charge on any atom is -0.345 e. The Morgan fingerprint density at radius 3 is 2.39 bits per heavy atom. The van der Waals surface area contributed by atoms with Crippen LogP contribution < -0.4 is 10.6 Å². The smallest absolute Gasteiger partial charge is 0.253 e. The standard InChI is InChI=1S/C19H15Cl4N5O2S/c1-28-15(8-24-18(30)11-4-2-3-5-12(11)21)26-27-19(28)31-9-16(29)25-17-13(22)6-10(20)7-14(17)23/h2-7H,8-9H2,1H3,(H,24,30)(H,25,29). The Morgan fingerprint density at radius 2 is 1.71 bits per heavy atom. The van der Waals surface area contributed by atoms with E-state index in [9.17, 15) is 9.59 Å². The van der Waals surface area contributed by atoms with E-state index in [1.165, 1.54) is 23.9 Å². The van der Waals surface area contributed by atoms with Crippen LogP contribution >= 0.6 is 58.2 Å². The number of anilines is 1. The maximum atomic E-state index is 12.3. The van der Waals surface area contributed by atoms with Gasteiger partial charge < -0.3 is 15.2 Å². The van der Waals surface area contributed by atoms with Crippen LogP contribution in [0, 0.1) is 0 Å². The molecule has 0 atom stereocenters. The lowest BCUT2D eigenvalue weighted by Gasteiger charge is -2.10. The summed E-state index contributed by atoms with van der Waals surface area (Å²) >= 11 is 25.2. The monoisotopic (exact) mass is 517 g/mol. The van der Waals surface area contributed by atoms with Crippen LogP contribution in [0.4, 0.5) is 5.69 Å². The van der Waals surface area contributed by atoms with E-state index in [1.807, 2.05) is 0 Å². The Kier molecular flexibility index (Phi) is 8.07. The van der Waals surface area contributed by atoms with Gasteiger partial charge in [0, 0.05) is 12.1 Å². The number of rotatable bonds is 7. The van der Waals surface area contributed by atoms with Crippen LogP contribution in [-0.2, 0) is 18.4 Å². The van der Waals surface area contributed by atoms with Crippen LogP contribution in [0.15, 0.2) is 41.6 Å². The SMILES string of the molecule is Cn1c(CNC(=O)c2ccccc2Cl)nnc1SCC(=O)Nc1c(Cl)cc(Cl)cc1Cl. The van der Waals surface area contributed by atoms with Crippen molar-refractivity contribution in [3.63, 3.8) is 0 Å². The molecule has 0 aliphatic rings. The van der Waals surface area contributed by atoms with Crippen molar-refractivity contribution in [3.8, 4) is 0 Å². The Bertz CT molecular complexity index is 1120. The summed E-state index contributed by atoms with van der Waals surface area (Å²) in [6, 6.07) is 9.73. The van der Waals surface area contributed by atoms with Crippen LogP contribution in [0.5, 0.6) is 0 Å². The van der Waals surface area contributed by atoms with Gasteiger partial charge in [0.1, 0.15) is 0 Å². The van der Waals surface area contributed by atoms with Crippen molar-refractivity contribution >= 4 is 75.7 Å². The first-order valence-electron chi connectivity index (χ1n) is 8.74. The summed E-state index contributed by atoms with van der Waals surface area (Å²) in [4.78, 5) is 24.6. The number of nitrogens with zero attached hydrogens (tertiary/aromatic N) is 3. The maximum Gasteiger partial charge on any atom is 0.253 e. The number of aromatic nitrogens is 3. The van der Waals surface area contributed by atoms with Gasteiger partial charge in [0.2, 0.25) is 5.91 Å². The quantitative estimate of drug-likeness (QED) is 0.425. The number of amides is 2. The predicted molar refractivity (Wildman–Crippen MR) is 124 cm³/mol. The van der Waals surface area contributed by atoms with Crippen molar-refractivity contribution in [1.82, 2.24) is 20.1 Å². The van der Waals surface area contributed by atoms with Crippen LogP contribution in [0.3, 0.4) is 0 Å². The predicted octanol–water partition coefficient (Wildman–Crippen LogP) is 5.09.